The molecule has 2 heterocycles. The van der Waals surface area contributed by atoms with Gasteiger partial charge in [-0.2, -0.15) is 5.10 Å². The molecule has 1 unspecified atom stereocenters. The molecule has 0 saturated carbocycles. The van der Waals surface area contributed by atoms with Crippen molar-refractivity contribution in [1.82, 2.24) is 20.0 Å². The lowest BCUT2D eigenvalue weighted by Crippen LogP contribution is -2.50. The standard InChI is InChI=1S/C14H26N4/c1-4-6-13-10-15-7-8-18(13)11-14-9-12(5-2)16-17(14)3/h9,13,15H,4-8,10-11H2,1-3H3. The van der Waals surface area contributed by atoms with Crippen molar-refractivity contribution in [3.63, 3.8) is 0 Å². The maximum Gasteiger partial charge on any atom is 0.0625 e. The van der Waals surface area contributed by atoms with E-state index in [0.29, 0.717) is 6.04 Å². The Bertz CT molecular complexity index is 370. The molecule has 0 aliphatic carbocycles. The summed E-state index contributed by atoms with van der Waals surface area (Å²) in [5, 5.41) is 8.04. The molecule has 1 aliphatic heterocycles. The Morgan fingerprint density at radius 3 is 2.94 bits per heavy atom. The maximum absolute atomic E-state index is 4.54. The highest BCUT2D eigenvalue weighted by Crippen LogP contribution is 2.14. The molecule has 1 fully saturated rings. The lowest BCUT2D eigenvalue weighted by atomic mass is 10.1. The number of nitrogens with zero attached hydrogens (tertiary/aromatic N) is 3. The van der Waals surface area contributed by atoms with Gasteiger partial charge in [0.25, 0.3) is 0 Å². The SMILES string of the molecule is CCCC1CNCCN1Cc1cc(CC)nn1C. The van der Waals surface area contributed by atoms with E-state index in [0.717, 1.165) is 32.6 Å². The lowest BCUT2D eigenvalue weighted by Gasteiger charge is -2.36. The van der Waals surface area contributed by atoms with Crippen molar-refractivity contribution in [2.45, 2.75) is 45.7 Å². The van der Waals surface area contributed by atoms with Gasteiger partial charge in [-0.15, -0.1) is 0 Å². The van der Waals surface area contributed by atoms with Crippen molar-refractivity contribution in [1.29, 1.82) is 0 Å². The molecule has 0 amide bonds. The molecule has 102 valence electrons. The summed E-state index contributed by atoms with van der Waals surface area (Å²) in [6.07, 6.45) is 3.56. The topological polar surface area (TPSA) is 33.1 Å². The Balaban J connectivity index is 2.03. The third-order valence-electron chi connectivity index (χ3n) is 3.85. The molecule has 0 bridgehead atoms. The van der Waals surface area contributed by atoms with Gasteiger partial charge in [-0.1, -0.05) is 20.3 Å². The first-order valence-electron chi connectivity index (χ1n) is 7.21. The van der Waals surface area contributed by atoms with Gasteiger partial charge in [0.05, 0.1) is 11.4 Å². The largest absolute Gasteiger partial charge is 0.314 e. The molecule has 1 atom stereocenters. The van der Waals surface area contributed by atoms with Crippen molar-refractivity contribution < 1.29 is 0 Å². The molecule has 4 nitrogen and oxygen atoms in total. The van der Waals surface area contributed by atoms with Crippen LogP contribution >= 0.6 is 0 Å². The van der Waals surface area contributed by atoms with Gasteiger partial charge in [0.2, 0.25) is 0 Å². The average molecular weight is 250 g/mol. The van der Waals surface area contributed by atoms with Gasteiger partial charge in [0, 0.05) is 39.3 Å². The van der Waals surface area contributed by atoms with Gasteiger partial charge in [-0.05, 0) is 18.9 Å². The third kappa shape index (κ3) is 3.12. The van der Waals surface area contributed by atoms with Crippen LogP contribution in [0.3, 0.4) is 0 Å². The number of nitrogens with one attached hydrogen (secondary N) is 1. The average Bonchev–Trinajstić information content (AvgIpc) is 2.73. The molecule has 1 aliphatic rings. The van der Waals surface area contributed by atoms with E-state index in [2.05, 4.69) is 42.3 Å². The minimum Gasteiger partial charge on any atom is -0.314 e. The van der Waals surface area contributed by atoms with Crippen molar-refractivity contribution in [2.75, 3.05) is 19.6 Å². The summed E-state index contributed by atoms with van der Waals surface area (Å²) in [7, 11) is 2.06. The summed E-state index contributed by atoms with van der Waals surface area (Å²) >= 11 is 0. The van der Waals surface area contributed by atoms with Gasteiger partial charge < -0.3 is 5.32 Å². The quantitative estimate of drug-likeness (QED) is 0.861. The summed E-state index contributed by atoms with van der Waals surface area (Å²) in [6, 6.07) is 2.94. The van der Waals surface area contributed by atoms with Crippen LogP contribution in [0.2, 0.25) is 0 Å². The second-order valence-electron chi connectivity index (χ2n) is 5.22. The van der Waals surface area contributed by atoms with E-state index in [1.807, 2.05) is 4.68 Å². The molecule has 0 radical (unpaired) electrons. The predicted molar refractivity (Wildman–Crippen MR) is 74.6 cm³/mol. The van der Waals surface area contributed by atoms with Crippen LogP contribution < -0.4 is 5.32 Å². The zero-order valence-corrected chi connectivity index (χ0v) is 11.9. The third-order valence-corrected chi connectivity index (χ3v) is 3.85. The highest BCUT2D eigenvalue weighted by atomic mass is 15.3. The molecular weight excluding hydrogens is 224 g/mol. The zero-order chi connectivity index (χ0) is 13.0. The van der Waals surface area contributed by atoms with Crippen LogP contribution in [-0.2, 0) is 20.0 Å². The molecule has 1 aromatic rings. The summed E-state index contributed by atoms with van der Waals surface area (Å²) in [6.45, 7) is 8.86. The monoisotopic (exact) mass is 250 g/mol. The van der Waals surface area contributed by atoms with Crippen molar-refractivity contribution in [3.8, 4) is 0 Å². The molecule has 4 heteroatoms. The number of hydrogen-bond donors (Lipinski definition) is 1. The summed E-state index contributed by atoms with van der Waals surface area (Å²) in [4.78, 5) is 2.61. The van der Waals surface area contributed by atoms with E-state index in [1.54, 1.807) is 0 Å². The molecule has 1 saturated heterocycles. The fourth-order valence-electron chi connectivity index (χ4n) is 2.73. The second-order valence-corrected chi connectivity index (χ2v) is 5.22. The van der Waals surface area contributed by atoms with Crippen LogP contribution in [0.1, 0.15) is 38.1 Å². The Morgan fingerprint density at radius 2 is 2.28 bits per heavy atom. The van der Waals surface area contributed by atoms with Gasteiger partial charge in [0.15, 0.2) is 0 Å². The number of aryl methyl sites for hydroxylation is 2. The summed E-state index contributed by atoms with van der Waals surface area (Å²) < 4.78 is 2.05. The molecule has 2 rings (SSSR count). The van der Waals surface area contributed by atoms with Crippen LogP contribution in [0.15, 0.2) is 6.07 Å². The summed E-state index contributed by atoms with van der Waals surface area (Å²) in [5.74, 6) is 0. The normalized spacial score (nSPS) is 21.4. The molecule has 1 N–H and O–H groups in total. The van der Waals surface area contributed by atoms with E-state index >= 15 is 0 Å². The Labute approximate surface area is 110 Å². The Hall–Kier alpha value is -0.870. The van der Waals surface area contributed by atoms with E-state index in [9.17, 15) is 0 Å². The van der Waals surface area contributed by atoms with Crippen LogP contribution in [0, 0.1) is 0 Å². The van der Waals surface area contributed by atoms with Gasteiger partial charge >= 0.3 is 0 Å². The number of hydrogen-bond acceptors (Lipinski definition) is 3. The van der Waals surface area contributed by atoms with Crippen molar-refractivity contribution in [2.24, 2.45) is 7.05 Å². The second kappa shape index (κ2) is 6.34. The smallest absolute Gasteiger partial charge is 0.0625 e. The van der Waals surface area contributed by atoms with Gasteiger partial charge in [-0.3, -0.25) is 9.58 Å². The molecule has 0 spiro atoms. The highest BCUT2D eigenvalue weighted by molar-refractivity contribution is 5.10. The molecular formula is C14H26N4. The minimum atomic E-state index is 0.684. The van der Waals surface area contributed by atoms with Crippen molar-refractivity contribution in [3.05, 3.63) is 17.5 Å². The molecule has 1 aromatic heterocycles. The lowest BCUT2D eigenvalue weighted by molar-refractivity contribution is 0.141. The van der Waals surface area contributed by atoms with Gasteiger partial charge in [0.1, 0.15) is 0 Å². The van der Waals surface area contributed by atoms with Crippen LogP contribution in [0.4, 0.5) is 0 Å². The van der Waals surface area contributed by atoms with E-state index in [1.165, 1.54) is 24.2 Å². The first-order chi connectivity index (χ1) is 8.74. The fraction of sp³-hybridized carbons (Fsp3) is 0.786. The highest BCUT2D eigenvalue weighted by Gasteiger charge is 2.22. The van der Waals surface area contributed by atoms with E-state index in [-0.39, 0.29) is 0 Å². The first kappa shape index (κ1) is 13.6. The van der Waals surface area contributed by atoms with Crippen LogP contribution in [-0.4, -0.2) is 40.4 Å². The number of aromatic nitrogens is 2. The summed E-state index contributed by atoms with van der Waals surface area (Å²) in [5.41, 5.74) is 2.55. The number of piperazine rings is 1. The van der Waals surface area contributed by atoms with Crippen molar-refractivity contribution >= 4 is 0 Å². The zero-order valence-electron chi connectivity index (χ0n) is 11.9. The first-order valence-corrected chi connectivity index (χ1v) is 7.21. The molecule has 18 heavy (non-hydrogen) atoms. The molecule has 0 aromatic carbocycles. The van der Waals surface area contributed by atoms with E-state index in [4.69, 9.17) is 0 Å². The minimum absolute atomic E-state index is 0.684. The Kier molecular flexibility index (Phi) is 4.78. The van der Waals surface area contributed by atoms with Crippen LogP contribution in [0.25, 0.3) is 0 Å². The van der Waals surface area contributed by atoms with Crippen LogP contribution in [0.5, 0.6) is 0 Å². The maximum atomic E-state index is 4.54. The van der Waals surface area contributed by atoms with Gasteiger partial charge in [-0.25, -0.2) is 0 Å². The predicted octanol–water partition coefficient (Wildman–Crippen LogP) is 1.56. The Morgan fingerprint density at radius 1 is 1.44 bits per heavy atom. The van der Waals surface area contributed by atoms with E-state index < -0.39 is 0 Å². The number of rotatable bonds is 5. The fourth-order valence-corrected chi connectivity index (χ4v) is 2.73.